The Bertz CT molecular complexity index is 810. The molecule has 0 radical (unpaired) electrons. The minimum atomic E-state index is -0.246. The summed E-state index contributed by atoms with van der Waals surface area (Å²) in [4.78, 5) is 32.1. The summed E-state index contributed by atoms with van der Waals surface area (Å²) in [5.74, 6) is 0.150. The SMILES string of the molecule is CCn1c(SC(C)C(=O)N2CCCCCC2)nc2ccccc2c1=O. The number of benzene rings is 1. The van der Waals surface area contributed by atoms with Gasteiger partial charge >= 0.3 is 0 Å². The van der Waals surface area contributed by atoms with Crippen LogP contribution in [0.4, 0.5) is 0 Å². The Morgan fingerprint density at radius 1 is 1.20 bits per heavy atom. The third kappa shape index (κ3) is 3.89. The third-order valence-electron chi connectivity index (χ3n) is 4.69. The lowest BCUT2D eigenvalue weighted by molar-refractivity contribution is -0.130. The molecule has 0 bridgehead atoms. The first-order chi connectivity index (χ1) is 12.1. The normalized spacial score (nSPS) is 16.6. The molecule has 0 N–H and O–H groups in total. The molecule has 3 rings (SSSR count). The van der Waals surface area contributed by atoms with Crippen molar-refractivity contribution in [2.45, 2.75) is 56.5 Å². The average molecular weight is 359 g/mol. The van der Waals surface area contributed by atoms with Crippen molar-refractivity contribution < 1.29 is 4.79 Å². The second kappa shape index (κ2) is 8.04. The largest absolute Gasteiger partial charge is 0.342 e. The highest BCUT2D eigenvalue weighted by atomic mass is 32.2. The minimum absolute atomic E-state index is 0.0370. The van der Waals surface area contributed by atoms with Gasteiger partial charge in [-0.25, -0.2) is 4.98 Å². The number of fused-ring (bicyclic) bond motifs is 1. The number of para-hydroxylation sites is 1. The van der Waals surface area contributed by atoms with Gasteiger partial charge in [-0.2, -0.15) is 0 Å². The number of aromatic nitrogens is 2. The van der Waals surface area contributed by atoms with Gasteiger partial charge in [-0.15, -0.1) is 0 Å². The van der Waals surface area contributed by atoms with Crippen molar-refractivity contribution in [1.29, 1.82) is 0 Å². The van der Waals surface area contributed by atoms with E-state index in [1.165, 1.54) is 24.6 Å². The van der Waals surface area contributed by atoms with E-state index in [0.717, 1.165) is 25.9 Å². The molecule has 2 heterocycles. The van der Waals surface area contributed by atoms with Gasteiger partial charge in [-0.05, 0) is 38.8 Å². The van der Waals surface area contributed by atoms with Crippen molar-refractivity contribution in [2.24, 2.45) is 0 Å². The third-order valence-corrected chi connectivity index (χ3v) is 5.77. The van der Waals surface area contributed by atoms with Gasteiger partial charge in [-0.3, -0.25) is 14.2 Å². The molecule has 1 fully saturated rings. The van der Waals surface area contributed by atoms with Gasteiger partial charge in [0.25, 0.3) is 5.56 Å². The quantitative estimate of drug-likeness (QED) is 0.621. The molecular formula is C19H25N3O2S. The molecule has 1 amide bonds. The predicted octanol–water partition coefficient (Wildman–Crippen LogP) is 3.30. The predicted molar refractivity (Wildman–Crippen MR) is 102 cm³/mol. The van der Waals surface area contributed by atoms with E-state index in [-0.39, 0.29) is 16.7 Å². The van der Waals surface area contributed by atoms with E-state index in [4.69, 9.17) is 0 Å². The van der Waals surface area contributed by atoms with Gasteiger partial charge in [0.05, 0.1) is 16.2 Å². The van der Waals surface area contributed by atoms with Crippen LogP contribution in [-0.2, 0) is 11.3 Å². The van der Waals surface area contributed by atoms with Crippen molar-refractivity contribution in [2.75, 3.05) is 13.1 Å². The highest BCUT2D eigenvalue weighted by molar-refractivity contribution is 8.00. The van der Waals surface area contributed by atoms with Crippen LogP contribution in [0.2, 0.25) is 0 Å². The van der Waals surface area contributed by atoms with Crippen LogP contribution in [0.3, 0.4) is 0 Å². The second-order valence-corrected chi connectivity index (χ2v) is 7.77. The van der Waals surface area contributed by atoms with Crippen LogP contribution in [0, 0.1) is 0 Å². The zero-order chi connectivity index (χ0) is 17.8. The fourth-order valence-electron chi connectivity index (χ4n) is 3.27. The van der Waals surface area contributed by atoms with Crippen LogP contribution in [0.1, 0.15) is 39.5 Å². The number of thioether (sulfide) groups is 1. The van der Waals surface area contributed by atoms with Crippen LogP contribution in [-0.4, -0.2) is 38.7 Å². The molecule has 1 aromatic heterocycles. The molecule has 5 nitrogen and oxygen atoms in total. The van der Waals surface area contributed by atoms with E-state index in [2.05, 4.69) is 4.98 Å². The van der Waals surface area contributed by atoms with Crippen LogP contribution in [0.5, 0.6) is 0 Å². The molecule has 1 aliphatic heterocycles. The lowest BCUT2D eigenvalue weighted by Crippen LogP contribution is -2.37. The summed E-state index contributed by atoms with van der Waals surface area (Å²) in [6.45, 7) is 6.08. The standard InChI is InChI=1S/C19H25N3O2S/c1-3-22-18(24)15-10-6-7-11-16(15)20-19(22)25-14(2)17(23)21-12-8-4-5-9-13-21/h6-7,10-11,14H,3-5,8-9,12-13H2,1-2H3. The van der Waals surface area contributed by atoms with E-state index < -0.39 is 0 Å². The number of nitrogens with zero attached hydrogens (tertiary/aromatic N) is 3. The zero-order valence-corrected chi connectivity index (χ0v) is 15.7. The average Bonchev–Trinajstić information content (AvgIpc) is 2.91. The fourth-order valence-corrected chi connectivity index (χ4v) is 4.33. The Labute approximate surface area is 152 Å². The maximum absolute atomic E-state index is 12.8. The molecular weight excluding hydrogens is 334 g/mol. The Morgan fingerprint density at radius 3 is 2.56 bits per heavy atom. The van der Waals surface area contributed by atoms with Gasteiger partial charge < -0.3 is 4.90 Å². The lowest BCUT2D eigenvalue weighted by Gasteiger charge is -2.24. The summed E-state index contributed by atoms with van der Waals surface area (Å²) < 4.78 is 1.67. The van der Waals surface area contributed by atoms with Crippen LogP contribution in [0.25, 0.3) is 10.9 Å². The van der Waals surface area contributed by atoms with Crippen LogP contribution < -0.4 is 5.56 Å². The molecule has 1 aromatic carbocycles. The Hall–Kier alpha value is -1.82. The first-order valence-electron chi connectivity index (χ1n) is 9.07. The molecule has 0 saturated carbocycles. The molecule has 1 saturated heterocycles. The van der Waals surface area contributed by atoms with Crippen LogP contribution >= 0.6 is 11.8 Å². The molecule has 2 aromatic rings. The Kier molecular flexibility index (Phi) is 5.78. The summed E-state index contributed by atoms with van der Waals surface area (Å²) in [6, 6.07) is 7.38. The number of amides is 1. The minimum Gasteiger partial charge on any atom is -0.342 e. The van der Waals surface area contributed by atoms with Crippen molar-refractivity contribution in [3.8, 4) is 0 Å². The molecule has 0 spiro atoms. The lowest BCUT2D eigenvalue weighted by atomic mass is 10.2. The highest BCUT2D eigenvalue weighted by Crippen LogP contribution is 2.24. The topological polar surface area (TPSA) is 55.2 Å². The maximum atomic E-state index is 12.8. The number of carbonyl (C=O) groups is 1. The molecule has 1 unspecified atom stereocenters. The van der Waals surface area contributed by atoms with E-state index in [1.807, 2.05) is 36.9 Å². The van der Waals surface area contributed by atoms with Crippen molar-refractivity contribution >= 4 is 28.6 Å². The fraction of sp³-hybridized carbons (Fsp3) is 0.526. The van der Waals surface area contributed by atoms with Gasteiger partial charge in [0.1, 0.15) is 0 Å². The molecule has 0 aliphatic carbocycles. The Morgan fingerprint density at radius 2 is 1.88 bits per heavy atom. The zero-order valence-electron chi connectivity index (χ0n) is 14.9. The van der Waals surface area contributed by atoms with E-state index in [0.29, 0.717) is 22.6 Å². The summed E-state index contributed by atoms with van der Waals surface area (Å²) in [5.41, 5.74) is 0.652. The molecule has 25 heavy (non-hydrogen) atoms. The smallest absolute Gasteiger partial charge is 0.262 e. The second-order valence-electron chi connectivity index (χ2n) is 6.46. The van der Waals surface area contributed by atoms with Crippen molar-refractivity contribution in [3.05, 3.63) is 34.6 Å². The number of rotatable bonds is 4. The number of hydrogen-bond acceptors (Lipinski definition) is 4. The summed E-state index contributed by atoms with van der Waals surface area (Å²) in [5, 5.41) is 1.01. The van der Waals surface area contributed by atoms with Gasteiger partial charge in [-0.1, -0.05) is 36.7 Å². The molecule has 1 aliphatic rings. The molecule has 1 atom stereocenters. The van der Waals surface area contributed by atoms with Crippen molar-refractivity contribution in [1.82, 2.24) is 14.5 Å². The first kappa shape index (κ1) is 18.0. The number of hydrogen-bond donors (Lipinski definition) is 0. The summed E-state index contributed by atoms with van der Waals surface area (Å²) in [6.07, 6.45) is 4.56. The first-order valence-corrected chi connectivity index (χ1v) is 9.94. The Balaban J connectivity index is 1.86. The van der Waals surface area contributed by atoms with Crippen molar-refractivity contribution in [3.63, 3.8) is 0 Å². The molecule has 6 heteroatoms. The summed E-state index contributed by atoms with van der Waals surface area (Å²) in [7, 11) is 0. The highest BCUT2D eigenvalue weighted by Gasteiger charge is 2.24. The summed E-state index contributed by atoms with van der Waals surface area (Å²) >= 11 is 1.39. The maximum Gasteiger partial charge on any atom is 0.262 e. The number of likely N-dealkylation sites (tertiary alicyclic amines) is 1. The number of carbonyl (C=O) groups excluding carboxylic acids is 1. The van der Waals surface area contributed by atoms with Gasteiger partial charge in [0.15, 0.2) is 5.16 Å². The van der Waals surface area contributed by atoms with E-state index in [9.17, 15) is 9.59 Å². The van der Waals surface area contributed by atoms with E-state index in [1.54, 1.807) is 10.6 Å². The monoisotopic (exact) mass is 359 g/mol. The van der Waals surface area contributed by atoms with Gasteiger partial charge in [0.2, 0.25) is 5.91 Å². The van der Waals surface area contributed by atoms with Gasteiger partial charge in [0, 0.05) is 19.6 Å². The van der Waals surface area contributed by atoms with E-state index >= 15 is 0 Å². The van der Waals surface area contributed by atoms with Crippen LogP contribution in [0.15, 0.2) is 34.2 Å². The molecule has 134 valence electrons.